The van der Waals surface area contributed by atoms with E-state index in [0.29, 0.717) is 13.2 Å². The quantitative estimate of drug-likeness (QED) is 0.807. The molecular weight excluding hydrogens is 178 g/mol. The molecule has 0 saturated carbocycles. The smallest absolute Gasteiger partial charge is 0.134 e. The molecule has 0 bridgehead atoms. The van der Waals surface area contributed by atoms with Crippen LogP contribution in [0, 0.1) is 0 Å². The van der Waals surface area contributed by atoms with Crippen molar-refractivity contribution >= 4 is 11.0 Å². The van der Waals surface area contributed by atoms with E-state index in [4.69, 9.17) is 14.9 Å². The van der Waals surface area contributed by atoms with Crippen molar-refractivity contribution in [2.75, 3.05) is 7.11 Å². The number of hydrogen-bond acceptors (Lipinski definition) is 3. The fourth-order valence-corrected chi connectivity index (χ4v) is 1.52. The monoisotopic (exact) mass is 191 g/mol. The van der Waals surface area contributed by atoms with E-state index in [1.807, 2.05) is 18.2 Å². The summed E-state index contributed by atoms with van der Waals surface area (Å²) in [5.41, 5.74) is 8.57. The van der Waals surface area contributed by atoms with Gasteiger partial charge in [-0.25, -0.2) is 0 Å². The van der Waals surface area contributed by atoms with Crippen LogP contribution in [0.25, 0.3) is 11.0 Å². The highest BCUT2D eigenvalue weighted by Crippen LogP contribution is 2.22. The first-order valence-electron chi connectivity index (χ1n) is 4.53. The molecule has 2 aromatic rings. The van der Waals surface area contributed by atoms with Gasteiger partial charge in [-0.2, -0.15) is 0 Å². The van der Waals surface area contributed by atoms with Crippen molar-refractivity contribution in [2.24, 2.45) is 5.73 Å². The number of benzene rings is 1. The molecule has 2 N–H and O–H groups in total. The van der Waals surface area contributed by atoms with Gasteiger partial charge in [-0.05, 0) is 11.6 Å². The van der Waals surface area contributed by atoms with E-state index in [0.717, 1.165) is 22.1 Å². The first-order chi connectivity index (χ1) is 6.85. The molecule has 1 aromatic heterocycles. The van der Waals surface area contributed by atoms with Crippen molar-refractivity contribution in [1.29, 1.82) is 0 Å². The highest BCUT2D eigenvalue weighted by Gasteiger charge is 2.05. The Balaban J connectivity index is 2.48. The molecule has 0 fully saturated rings. The Morgan fingerprint density at radius 2 is 2.29 bits per heavy atom. The molecule has 0 unspecified atom stereocenters. The fraction of sp³-hybridized carbons (Fsp3) is 0.273. The van der Waals surface area contributed by atoms with E-state index >= 15 is 0 Å². The van der Waals surface area contributed by atoms with E-state index in [2.05, 4.69) is 0 Å². The van der Waals surface area contributed by atoms with Crippen LogP contribution < -0.4 is 5.73 Å². The van der Waals surface area contributed by atoms with Gasteiger partial charge in [0.15, 0.2) is 0 Å². The van der Waals surface area contributed by atoms with Crippen LogP contribution in [0.5, 0.6) is 0 Å². The standard InChI is InChI=1S/C11H13NO2/c1-13-6-9-7-14-11-4-8(5-12)2-3-10(9)11/h2-4,7H,5-6,12H2,1H3. The molecule has 0 radical (unpaired) electrons. The number of rotatable bonds is 3. The van der Waals surface area contributed by atoms with Gasteiger partial charge in [0.25, 0.3) is 0 Å². The van der Waals surface area contributed by atoms with Gasteiger partial charge >= 0.3 is 0 Å². The molecule has 0 spiro atoms. The van der Waals surface area contributed by atoms with E-state index in [9.17, 15) is 0 Å². The zero-order valence-corrected chi connectivity index (χ0v) is 8.12. The minimum Gasteiger partial charge on any atom is -0.464 e. The summed E-state index contributed by atoms with van der Waals surface area (Å²) in [6.07, 6.45) is 1.73. The summed E-state index contributed by atoms with van der Waals surface area (Å²) in [5.74, 6) is 0. The molecule has 2 rings (SSSR count). The Bertz CT molecular complexity index is 434. The normalized spacial score (nSPS) is 11.0. The first kappa shape index (κ1) is 9.24. The van der Waals surface area contributed by atoms with Gasteiger partial charge in [0.2, 0.25) is 0 Å². The lowest BCUT2D eigenvalue weighted by atomic mass is 10.1. The van der Waals surface area contributed by atoms with E-state index in [-0.39, 0.29) is 0 Å². The molecule has 1 heterocycles. The molecular formula is C11H13NO2. The topological polar surface area (TPSA) is 48.4 Å². The molecule has 0 aliphatic heterocycles. The zero-order chi connectivity index (χ0) is 9.97. The van der Waals surface area contributed by atoms with Crippen LogP contribution in [0.4, 0.5) is 0 Å². The SMILES string of the molecule is COCc1coc2cc(CN)ccc12. The fourth-order valence-electron chi connectivity index (χ4n) is 1.52. The van der Waals surface area contributed by atoms with Gasteiger partial charge < -0.3 is 14.9 Å². The summed E-state index contributed by atoms with van der Waals surface area (Å²) >= 11 is 0. The third-order valence-electron chi connectivity index (χ3n) is 2.26. The first-order valence-corrected chi connectivity index (χ1v) is 4.53. The lowest BCUT2D eigenvalue weighted by molar-refractivity contribution is 0.185. The predicted octanol–water partition coefficient (Wildman–Crippen LogP) is 2.04. The van der Waals surface area contributed by atoms with Crippen LogP contribution in [0.2, 0.25) is 0 Å². The van der Waals surface area contributed by atoms with Crippen LogP contribution in [0.15, 0.2) is 28.9 Å². The maximum absolute atomic E-state index is 5.54. The molecule has 74 valence electrons. The number of hydrogen-bond donors (Lipinski definition) is 1. The van der Waals surface area contributed by atoms with Crippen LogP contribution >= 0.6 is 0 Å². The van der Waals surface area contributed by atoms with Crippen molar-refractivity contribution in [3.63, 3.8) is 0 Å². The average molecular weight is 191 g/mol. The average Bonchev–Trinajstić information content (AvgIpc) is 2.61. The second-order valence-electron chi connectivity index (χ2n) is 3.23. The van der Waals surface area contributed by atoms with E-state index in [1.54, 1.807) is 13.4 Å². The Morgan fingerprint density at radius 1 is 1.43 bits per heavy atom. The molecule has 0 aliphatic rings. The molecule has 14 heavy (non-hydrogen) atoms. The van der Waals surface area contributed by atoms with Crippen LogP contribution in [0.3, 0.4) is 0 Å². The van der Waals surface area contributed by atoms with Gasteiger partial charge in [0, 0.05) is 24.6 Å². The Morgan fingerprint density at radius 3 is 3.00 bits per heavy atom. The molecule has 3 nitrogen and oxygen atoms in total. The number of ether oxygens (including phenoxy) is 1. The molecule has 0 saturated heterocycles. The predicted molar refractivity (Wildman–Crippen MR) is 54.8 cm³/mol. The molecule has 1 aromatic carbocycles. The maximum atomic E-state index is 5.54. The zero-order valence-electron chi connectivity index (χ0n) is 8.12. The minimum absolute atomic E-state index is 0.538. The van der Waals surface area contributed by atoms with E-state index < -0.39 is 0 Å². The summed E-state index contributed by atoms with van der Waals surface area (Å²) in [5, 5.41) is 1.10. The largest absolute Gasteiger partial charge is 0.464 e. The van der Waals surface area contributed by atoms with Crippen LogP contribution in [0.1, 0.15) is 11.1 Å². The highest BCUT2D eigenvalue weighted by atomic mass is 16.5. The second kappa shape index (κ2) is 3.82. The Kier molecular flexibility index (Phi) is 2.52. The maximum Gasteiger partial charge on any atom is 0.134 e. The molecule has 3 heteroatoms. The van der Waals surface area contributed by atoms with Gasteiger partial charge in [-0.15, -0.1) is 0 Å². The van der Waals surface area contributed by atoms with Crippen molar-refractivity contribution in [3.8, 4) is 0 Å². The second-order valence-corrected chi connectivity index (χ2v) is 3.23. The third kappa shape index (κ3) is 1.52. The van der Waals surface area contributed by atoms with Gasteiger partial charge in [0.05, 0.1) is 12.9 Å². The number of furan rings is 1. The van der Waals surface area contributed by atoms with Crippen LogP contribution in [-0.4, -0.2) is 7.11 Å². The van der Waals surface area contributed by atoms with Gasteiger partial charge in [0.1, 0.15) is 5.58 Å². The summed E-state index contributed by atoms with van der Waals surface area (Å²) in [6.45, 7) is 1.12. The highest BCUT2D eigenvalue weighted by molar-refractivity contribution is 5.81. The summed E-state index contributed by atoms with van der Waals surface area (Å²) in [4.78, 5) is 0. The van der Waals surface area contributed by atoms with Crippen molar-refractivity contribution in [2.45, 2.75) is 13.2 Å². The van der Waals surface area contributed by atoms with Crippen LogP contribution in [-0.2, 0) is 17.9 Å². The van der Waals surface area contributed by atoms with Crippen molar-refractivity contribution in [3.05, 3.63) is 35.6 Å². The minimum atomic E-state index is 0.538. The number of methoxy groups -OCH3 is 1. The number of nitrogens with two attached hydrogens (primary N) is 1. The lowest BCUT2D eigenvalue weighted by Crippen LogP contribution is -1.95. The van der Waals surface area contributed by atoms with Gasteiger partial charge in [-0.3, -0.25) is 0 Å². The number of fused-ring (bicyclic) bond motifs is 1. The van der Waals surface area contributed by atoms with Gasteiger partial charge in [-0.1, -0.05) is 12.1 Å². The lowest BCUT2D eigenvalue weighted by Gasteiger charge is -1.97. The van der Waals surface area contributed by atoms with E-state index in [1.165, 1.54) is 0 Å². The van der Waals surface area contributed by atoms with Crippen molar-refractivity contribution in [1.82, 2.24) is 0 Å². The molecule has 0 amide bonds. The third-order valence-corrected chi connectivity index (χ3v) is 2.26. The Hall–Kier alpha value is -1.32. The summed E-state index contributed by atoms with van der Waals surface area (Å²) in [6, 6.07) is 6.00. The Labute approximate surface area is 82.5 Å². The summed E-state index contributed by atoms with van der Waals surface area (Å²) in [7, 11) is 1.67. The molecule has 0 aliphatic carbocycles. The van der Waals surface area contributed by atoms with Crippen molar-refractivity contribution < 1.29 is 9.15 Å². The molecule has 0 atom stereocenters. The summed E-state index contributed by atoms with van der Waals surface area (Å²) < 4.78 is 10.5.